The van der Waals surface area contributed by atoms with Crippen molar-refractivity contribution in [3.8, 4) is 0 Å². The van der Waals surface area contributed by atoms with Crippen LogP contribution >= 0.6 is 0 Å². The van der Waals surface area contributed by atoms with E-state index in [0.29, 0.717) is 0 Å². The van der Waals surface area contributed by atoms with Crippen molar-refractivity contribution in [1.82, 2.24) is 4.90 Å². The monoisotopic (exact) mass is 337 g/mol. The molecule has 2 rings (SSSR count). The second-order valence-electron chi connectivity index (χ2n) is 5.63. The summed E-state index contributed by atoms with van der Waals surface area (Å²) < 4.78 is 2.67. The molecule has 4 heteroatoms. The molecule has 0 amide bonds. The van der Waals surface area contributed by atoms with Gasteiger partial charge in [-0.3, -0.25) is 0 Å². The van der Waals surface area contributed by atoms with Crippen LogP contribution in [0.2, 0.25) is 0 Å². The molecule has 0 N–H and O–H groups in total. The Balaban J connectivity index is 0.00000162. The van der Waals surface area contributed by atoms with Gasteiger partial charge in [-0.15, -0.1) is 0 Å². The summed E-state index contributed by atoms with van der Waals surface area (Å²) in [7, 11) is 0. The van der Waals surface area contributed by atoms with Crippen LogP contribution in [-0.2, 0) is 19.2 Å². The second-order valence-corrected chi connectivity index (χ2v) is 8.23. The summed E-state index contributed by atoms with van der Waals surface area (Å²) >= 11 is 0.0258. The SMILES string of the molecule is CC1=C(C)C(C)[C]([Ti+2][CH](C)N2CCCC2)=C1C.[Cl-].[Cl-]. The van der Waals surface area contributed by atoms with Gasteiger partial charge in [-0.05, 0) is 0 Å². The molecule has 0 spiro atoms. The Labute approximate surface area is 140 Å². The van der Waals surface area contributed by atoms with Gasteiger partial charge >= 0.3 is 115 Å². The summed E-state index contributed by atoms with van der Waals surface area (Å²) in [6.45, 7) is 14.5. The normalized spacial score (nSPS) is 25.0. The first-order valence-electron chi connectivity index (χ1n) is 6.91. The fourth-order valence-corrected chi connectivity index (χ4v) is 5.79. The molecule has 0 saturated carbocycles. The average molecular weight is 338 g/mol. The molecule has 0 aromatic rings. The largest absolute Gasteiger partial charge is 1.00 e. The topological polar surface area (TPSA) is 3.24 Å². The van der Waals surface area contributed by atoms with E-state index in [-0.39, 0.29) is 44.0 Å². The van der Waals surface area contributed by atoms with Gasteiger partial charge in [0.2, 0.25) is 0 Å². The van der Waals surface area contributed by atoms with Crippen molar-refractivity contribution < 1.29 is 44.0 Å². The van der Waals surface area contributed by atoms with Crippen molar-refractivity contribution in [1.29, 1.82) is 0 Å². The van der Waals surface area contributed by atoms with Crippen LogP contribution < -0.4 is 24.8 Å². The predicted octanol–water partition coefficient (Wildman–Crippen LogP) is -2.22. The predicted molar refractivity (Wildman–Crippen MR) is 70.5 cm³/mol. The zero-order valence-electron chi connectivity index (χ0n) is 12.7. The number of rotatable bonds is 3. The standard InChI is InChI=1S/C9H13.C6H12N.2ClH.Ti/c1-6-5-7(2)9(4)8(6)3;1-2-7-5-3-4-6-7;;;/h6H,1-4H3;2H,3-6H2,1H3;2*1H;/q;;;;+2/p-2. The van der Waals surface area contributed by atoms with Crippen LogP contribution in [0, 0.1) is 5.92 Å². The molecule has 1 aliphatic heterocycles. The average Bonchev–Trinajstić information content (AvgIpc) is 2.90. The number of likely N-dealkylation sites (tertiary alicyclic amines) is 1. The Hall–Kier alpha value is 0.734. The van der Waals surface area contributed by atoms with Gasteiger partial charge in [-0.25, -0.2) is 0 Å². The first-order valence-corrected chi connectivity index (χ1v) is 8.59. The molecule has 2 aliphatic rings. The summed E-state index contributed by atoms with van der Waals surface area (Å²) in [6, 6.07) is 0. The Morgan fingerprint density at radius 2 is 1.58 bits per heavy atom. The van der Waals surface area contributed by atoms with E-state index >= 15 is 0 Å². The van der Waals surface area contributed by atoms with Gasteiger partial charge in [0.15, 0.2) is 0 Å². The Bertz CT molecular complexity index is 370. The number of allylic oxidation sites excluding steroid dienone is 4. The van der Waals surface area contributed by atoms with Crippen molar-refractivity contribution in [3.05, 3.63) is 20.6 Å². The van der Waals surface area contributed by atoms with Crippen LogP contribution in [-0.4, -0.2) is 22.3 Å². The molecule has 108 valence electrons. The van der Waals surface area contributed by atoms with Gasteiger partial charge in [0.25, 0.3) is 0 Å². The molecule has 1 heterocycles. The van der Waals surface area contributed by atoms with Crippen molar-refractivity contribution in [2.45, 2.75) is 51.8 Å². The maximum absolute atomic E-state index is 2.72. The molecule has 0 aromatic heterocycles. The molecular weight excluding hydrogens is 313 g/mol. The summed E-state index contributed by atoms with van der Waals surface area (Å²) in [6.07, 6.45) is 2.83. The first kappa shape index (κ1) is 19.7. The maximum atomic E-state index is 2.72. The van der Waals surface area contributed by atoms with Gasteiger partial charge in [-0.2, -0.15) is 0 Å². The molecule has 0 radical (unpaired) electrons. The molecule has 1 nitrogen and oxygen atoms in total. The van der Waals surface area contributed by atoms with Crippen molar-refractivity contribution >= 4 is 0 Å². The molecule has 19 heavy (non-hydrogen) atoms. The molecule has 1 saturated heterocycles. The van der Waals surface area contributed by atoms with Gasteiger partial charge in [-0.1, -0.05) is 0 Å². The molecule has 2 atom stereocenters. The fraction of sp³-hybridized carbons (Fsp3) is 0.733. The van der Waals surface area contributed by atoms with E-state index in [0.717, 1.165) is 10.3 Å². The number of hydrogen-bond acceptors (Lipinski definition) is 1. The molecular formula is C15H25Cl2NTi. The number of hydrogen-bond donors (Lipinski definition) is 0. The third-order valence-corrected chi connectivity index (χ3v) is 7.66. The third kappa shape index (κ3) is 4.11. The summed E-state index contributed by atoms with van der Waals surface area (Å²) in [5.74, 6) is 0.736. The number of halogens is 2. The van der Waals surface area contributed by atoms with Crippen molar-refractivity contribution in [3.63, 3.8) is 0 Å². The minimum Gasteiger partial charge on any atom is -1.00 e. The van der Waals surface area contributed by atoms with Crippen LogP contribution in [0.4, 0.5) is 0 Å². The van der Waals surface area contributed by atoms with Crippen LogP contribution in [0.3, 0.4) is 0 Å². The van der Waals surface area contributed by atoms with Crippen molar-refractivity contribution in [2.24, 2.45) is 5.92 Å². The van der Waals surface area contributed by atoms with Crippen LogP contribution in [0.25, 0.3) is 0 Å². The minimum atomic E-state index is 0. The zero-order valence-corrected chi connectivity index (χ0v) is 15.8. The second kappa shape index (κ2) is 8.24. The summed E-state index contributed by atoms with van der Waals surface area (Å²) in [5.41, 5.74) is 4.82. The molecule has 0 aromatic carbocycles. The van der Waals surface area contributed by atoms with Gasteiger partial charge in [0.05, 0.1) is 0 Å². The van der Waals surface area contributed by atoms with Gasteiger partial charge < -0.3 is 24.8 Å². The Kier molecular flexibility index (Phi) is 8.56. The van der Waals surface area contributed by atoms with E-state index in [2.05, 4.69) is 39.5 Å². The van der Waals surface area contributed by atoms with E-state index in [1.165, 1.54) is 25.9 Å². The quantitative estimate of drug-likeness (QED) is 0.527. The van der Waals surface area contributed by atoms with Crippen LogP contribution in [0.1, 0.15) is 47.5 Å². The smallest absolute Gasteiger partial charge is 1.00 e. The number of nitrogens with zero attached hydrogens (tertiary/aromatic N) is 1. The molecule has 1 fully saturated rings. The van der Waals surface area contributed by atoms with Crippen molar-refractivity contribution in [2.75, 3.05) is 13.1 Å². The van der Waals surface area contributed by atoms with Gasteiger partial charge in [0, 0.05) is 0 Å². The molecule has 1 aliphatic carbocycles. The minimum absolute atomic E-state index is 0. The van der Waals surface area contributed by atoms with E-state index in [1.54, 1.807) is 16.7 Å². The van der Waals surface area contributed by atoms with Crippen LogP contribution in [0.15, 0.2) is 20.6 Å². The van der Waals surface area contributed by atoms with E-state index < -0.39 is 0 Å². The fourth-order valence-electron chi connectivity index (χ4n) is 3.04. The third-order valence-electron chi connectivity index (χ3n) is 4.69. The Morgan fingerprint density at radius 1 is 1.05 bits per heavy atom. The van der Waals surface area contributed by atoms with Crippen LogP contribution in [0.5, 0.6) is 0 Å². The molecule has 2 unspecified atom stereocenters. The summed E-state index contributed by atoms with van der Waals surface area (Å²) in [4.78, 5) is 2.72. The first-order chi connectivity index (χ1) is 8.02. The van der Waals surface area contributed by atoms with Gasteiger partial charge in [0.1, 0.15) is 0 Å². The van der Waals surface area contributed by atoms with E-state index in [4.69, 9.17) is 0 Å². The zero-order chi connectivity index (χ0) is 12.6. The van der Waals surface area contributed by atoms with E-state index in [1.807, 2.05) is 3.88 Å². The van der Waals surface area contributed by atoms with E-state index in [9.17, 15) is 0 Å². The maximum Gasteiger partial charge on any atom is -1.00 e. The molecule has 0 bridgehead atoms. The Morgan fingerprint density at radius 3 is 2.00 bits per heavy atom. The summed E-state index contributed by atoms with van der Waals surface area (Å²) in [5, 5.41) is 0.